The molecule has 4 heteroatoms. The lowest BCUT2D eigenvalue weighted by atomic mass is 9.84. The minimum Gasteiger partial charge on any atom is -0.457 e. The molecule has 0 fully saturated rings. The van der Waals surface area contributed by atoms with E-state index in [-0.39, 0.29) is 11.8 Å². The summed E-state index contributed by atoms with van der Waals surface area (Å²) in [5.74, 6) is -0.0328. The topological polar surface area (TPSA) is 9.23 Å². The third-order valence-electron chi connectivity index (χ3n) is 5.41. The summed E-state index contributed by atoms with van der Waals surface area (Å²) in [5, 5.41) is 0. The molecule has 3 aromatic rings. The molecular formula is C27H29F3O. The number of halogens is 3. The molecule has 1 atom stereocenters. The molecule has 0 radical (unpaired) electrons. The average Bonchev–Trinajstić information content (AvgIpc) is 2.71. The first-order valence-electron chi connectivity index (χ1n) is 10.6. The zero-order chi connectivity index (χ0) is 22.5. The highest BCUT2D eigenvalue weighted by Crippen LogP contribution is 2.39. The van der Waals surface area contributed by atoms with E-state index < -0.39 is 12.1 Å². The fourth-order valence-corrected chi connectivity index (χ4v) is 3.63. The molecule has 0 saturated carbocycles. The molecule has 0 spiro atoms. The molecule has 0 bridgehead atoms. The lowest BCUT2D eigenvalue weighted by Crippen LogP contribution is -2.21. The van der Waals surface area contributed by atoms with Crippen LogP contribution in [0.3, 0.4) is 0 Å². The minimum absolute atomic E-state index is 0.0577. The lowest BCUT2D eigenvalue weighted by molar-refractivity contribution is -0.152. The van der Waals surface area contributed by atoms with Crippen LogP contribution in [0, 0.1) is 0 Å². The van der Waals surface area contributed by atoms with Crippen molar-refractivity contribution in [2.75, 3.05) is 0 Å². The summed E-state index contributed by atoms with van der Waals surface area (Å²) in [4.78, 5) is 0. The number of aryl methyl sites for hydroxylation is 1. The fourth-order valence-electron chi connectivity index (χ4n) is 3.63. The Labute approximate surface area is 182 Å². The van der Waals surface area contributed by atoms with Gasteiger partial charge in [0.25, 0.3) is 0 Å². The van der Waals surface area contributed by atoms with E-state index in [2.05, 4.69) is 20.8 Å². The zero-order valence-electron chi connectivity index (χ0n) is 18.2. The van der Waals surface area contributed by atoms with E-state index in [4.69, 9.17) is 4.74 Å². The van der Waals surface area contributed by atoms with Gasteiger partial charge in [0.1, 0.15) is 11.5 Å². The van der Waals surface area contributed by atoms with E-state index in [1.807, 2.05) is 66.7 Å². The van der Waals surface area contributed by atoms with Gasteiger partial charge in [-0.1, -0.05) is 75.4 Å². The summed E-state index contributed by atoms with van der Waals surface area (Å²) in [6.45, 7) is 6.16. The van der Waals surface area contributed by atoms with E-state index in [1.54, 1.807) is 12.1 Å². The number of alkyl halides is 3. The van der Waals surface area contributed by atoms with Crippen LogP contribution in [0.5, 0.6) is 11.5 Å². The molecule has 1 unspecified atom stereocenters. The predicted molar refractivity (Wildman–Crippen MR) is 120 cm³/mol. The highest BCUT2D eigenvalue weighted by molar-refractivity contribution is 5.34. The molecule has 31 heavy (non-hydrogen) atoms. The largest absolute Gasteiger partial charge is 0.457 e. The minimum atomic E-state index is -4.26. The van der Waals surface area contributed by atoms with Gasteiger partial charge in [-0.25, -0.2) is 0 Å². The van der Waals surface area contributed by atoms with Gasteiger partial charge in [-0.2, -0.15) is 13.2 Å². The van der Waals surface area contributed by atoms with Crippen LogP contribution >= 0.6 is 0 Å². The molecule has 0 heterocycles. The smallest absolute Gasteiger partial charge is 0.395 e. The summed E-state index contributed by atoms with van der Waals surface area (Å²) in [5.41, 5.74) is 2.26. The molecule has 1 nitrogen and oxygen atoms in total. The maximum absolute atomic E-state index is 13.8. The lowest BCUT2D eigenvalue weighted by Gasteiger charge is -2.23. The number of rotatable bonds is 7. The van der Waals surface area contributed by atoms with Crippen LogP contribution < -0.4 is 4.74 Å². The van der Waals surface area contributed by atoms with Crippen LogP contribution in [0.15, 0.2) is 78.9 Å². The Bertz CT molecular complexity index is 954. The first-order valence-corrected chi connectivity index (χ1v) is 10.6. The standard InChI is InChI=1S/C27H29F3O/c1-26(2,3)22-17-15-21(16-18-22)25(27(28,29)30)14-8-10-20-9-7-13-24(19-20)31-23-11-5-4-6-12-23/h4-7,9,11-13,15-19,25H,8,10,14H2,1-3H3. The molecule has 3 rings (SSSR count). The Balaban J connectivity index is 1.64. The first-order chi connectivity index (χ1) is 14.6. The van der Waals surface area contributed by atoms with Crippen molar-refractivity contribution in [2.45, 2.75) is 57.5 Å². The molecule has 0 N–H and O–H groups in total. The Kier molecular flexibility index (Phi) is 7.09. The average molecular weight is 427 g/mol. The molecule has 0 aliphatic carbocycles. The summed E-state index contributed by atoms with van der Waals surface area (Å²) < 4.78 is 47.1. The van der Waals surface area contributed by atoms with E-state index >= 15 is 0 Å². The summed E-state index contributed by atoms with van der Waals surface area (Å²) in [7, 11) is 0. The van der Waals surface area contributed by atoms with Crippen LogP contribution in [0.2, 0.25) is 0 Å². The van der Waals surface area contributed by atoms with Gasteiger partial charge in [0.2, 0.25) is 0 Å². The van der Waals surface area contributed by atoms with Gasteiger partial charge in [0.15, 0.2) is 0 Å². The van der Waals surface area contributed by atoms with Crippen LogP contribution in [0.1, 0.15) is 56.2 Å². The second kappa shape index (κ2) is 9.59. The van der Waals surface area contributed by atoms with Gasteiger partial charge in [-0.3, -0.25) is 0 Å². The van der Waals surface area contributed by atoms with Crippen LogP contribution in [0.4, 0.5) is 13.2 Å². The Morgan fingerprint density at radius 2 is 1.42 bits per heavy atom. The summed E-state index contributed by atoms with van der Waals surface area (Å²) >= 11 is 0. The molecule has 0 aliphatic rings. The van der Waals surface area contributed by atoms with Gasteiger partial charge in [0, 0.05) is 0 Å². The molecule has 0 aliphatic heterocycles. The monoisotopic (exact) mass is 426 g/mol. The molecular weight excluding hydrogens is 397 g/mol. The number of para-hydroxylation sites is 1. The van der Waals surface area contributed by atoms with Crippen molar-refractivity contribution in [3.8, 4) is 11.5 Å². The zero-order valence-corrected chi connectivity index (χ0v) is 18.2. The van der Waals surface area contributed by atoms with Crippen molar-refractivity contribution in [2.24, 2.45) is 0 Å². The van der Waals surface area contributed by atoms with E-state index in [1.165, 1.54) is 0 Å². The van der Waals surface area contributed by atoms with Crippen molar-refractivity contribution in [1.82, 2.24) is 0 Å². The highest BCUT2D eigenvalue weighted by atomic mass is 19.4. The highest BCUT2D eigenvalue weighted by Gasteiger charge is 2.40. The second-order valence-corrected chi connectivity index (χ2v) is 8.92. The Hall–Kier alpha value is -2.75. The van der Waals surface area contributed by atoms with Crippen LogP contribution in [0.25, 0.3) is 0 Å². The van der Waals surface area contributed by atoms with E-state index in [9.17, 15) is 13.2 Å². The van der Waals surface area contributed by atoms with Crippen molar-refractivity contribution < 1.29 is 17.9 Å². The predicted octanol–water partition coefficient (Wildman–Crippen LogP) is 8.45. The summed E-state index contributed by atoms with van der Waals surface area (Å²) in [6, 6.07) is 23.9. The fraction of sp³-hybridized carbons (Fsp3) is 0.333. The van der Waals surface area contributed by atoms with Gasteiger partial charge >= 0.3 is 6.18 Å². The summed E-state index contributed by atoms with van der Waals surface area (Å²) in [6.07, 6.45) is -3.19. The van der Waals surface area contributed by atoms with Crippen molar-refractivity contribution >= 4 is 0 Å². The number of hydrogen-bond acceptors (Lipinski definition) is 1. The molecule has 0 aromatic heterocycles. The van der Waals surface area contributed by atoms with Gasteiger partial charge in [-0.15, -0.1) is 0 Å². The molecule has 0 amide bonds. The van der Waals surface area contributed by atoms with Gasteiger partial charge < -0.3 is 4.74 Å². The normalized spacial score (nSPS) is 13.1. The van der Waals surface area contributed by atoms with E-state index in [0.29, 0.717) is 24.2 Å². The van der Waals surface area contributed by atoms with Gasteiger partial charge in [-0.05, 0) is 65.6 Å². The molecule has 3 aromatic carbocycles. The Morgan fingerprint density at radius 1 is 0.774 bits per heavy atom. The molecule has 164 valence electrons. The molecule has 0 saturated heterocycles. The van der Waals surface area contributed by atoms with Crippen molar-refractivity contribution in [3.63, 3.8) is 0 Å². The number of hydrogen-bond donors (Lipinski definition) is 0. The van der Waals surface area contributed by atoms with Crippen LogP contribution in [-0.2, 0) is 11.8 Å². The van der Waals surface area contributed by atoms with Crippen LogP contribution in [-0.4, -0.2) is 6.18 Å². The number of benzene rings is 3. The SMILES string of the molecule is CC(C)(C)c1ccc(C(CCCc2cccc(Oc3ccccc3)c2)C(F)(F)F)cc1. The quantitative estimate of drug-likeness (QED) is 0.368. The van der Waals surface area contributed by atoms with Crippen molar-refractivity contribution in [1.29, 1.82) is 0 Å². The Morgan fingerprint density at radius 3 is 2.03 bits per heavy atom. The maximum Gasteiger partial charge on any atom is 0.395 e. The maximum atomic E-state index is 13.8. The first kappa shape index (κ1) is 22.9. The third kappa shape index (κ3) is 6.61. The van der Waals surface area contributed by atoms with E-state index in [0.717, 1.165) is 16.9 Å². The third-order valence-corrected chi connectivity index (χ3v) is 5.41. The van der Waals surface area contributed by atoms with Gasteiger partial charge in [0.05, 0.1) is 5.92 Å². The second-order valence-electron chi connectivity index (χ2n) is 8.92. The number of ether oxygens (including phenoxy) is 1. The van der Waals surface area contributed by atoms with Crippen molar-refractivity contribution in [3.05, 3.63) is 95.6 Å².